The molecular weight excluding hydrogens is 266 g/mol. The third kappa shape index (κ3) is 2.96. The molecule has 7 nitrogen and oxygen atoms in total. The summed E-state index contributed by atoms with van der Waals surface area (Å²) in [5, 5.41) is 3.29. The van der Waals surface area contributed by atoms with Crippen molar-refractivity contribution in [3.63, 3.8) is 0 Å². The minimum Gasteiger partial charge on any atom is -0.480 e. The van der Waals surface area contributed by atoms with E-state index in [1.54, 1.807) is 19.5 Å². The monoisotopic (exact) mass is 281 g/mol. The maximum atomic E-state index is 5.27. The summed E-state index contributed by atoms with van der Waals surface area (Å²) < 4.78 is 18.6. The lowest BCUT2D eigenvalue weighted by Crippen LogP contribution is -2.24. The van der Waals surface area contributed by atoms with E-state index >= 15 is 0 Å². The Hall–Kier alpha value is -1.80. The number of nitrogens with one attached hydrogen (secondary N) is 1. The predicted octanol–water partition coefficient (Wildman–Crippen LogP) is 1.04. The van der Waals surface area contributed by atoms with Gasteiger partial charge in [-0.2, -0.15) is 13.7 Å². The summed E-state index contributed by atoms with van der Waals surface area (Å²) >= 11 is 1.16. The van der Waals surface area contributed by atoms with Gasteiger partial charge in [0.25, 0.3) is 0 Å². The van der Waals surface area contributed by atoms with Gasteiger partial charge < -0.3 is 14.8 Å². The van der Waals surface area contributed by atoms with Crippen LogP contribution < -0.4 is 14.8 Å². The predicted molar refractivity (Wildman–Crippen MR) is 70.6 cm³/mol. The minimum absolute atomic E-state index is 0.197. The Morgan fingerprint density at radius 1 is 1.32 bits per heavy atom. The first kappa shape index (κ1) is 13.6. The lowest BCUT2D eigenvalue weighted by molar-refractivity contribution is 0.352. The highest BCUT2D eigenvalue weighted by molar-refractivity contribution is 6.99. The Kier molecular flexibility index (Phi) is 4.58. The van der Waals surface area contributed by atoms with Gasteiger partial charge in [-0.3, -0.25) is 0 Å². The van der Waals surface area contributed by atoms with Crippen LogP contribution in [-0.2, 0) is 0 Å². The maximum Gasteiger partial charge on any atom is 0.240 e. The number of ether oxygens (including phenoxy) is 2. The highest BCUT2D eigenvalue weighted by atomic mass is 32.1. The van der Waals surface area contributed by atoms with Crippen molar-refractivity contribution in [3.05, 3.63) is 23.8 Å². The molecule has 0 aliphatic carbocycles. The minimum atomic E-state index is -0.197. The quantitative estimate of drug-likeness (QED) is 0.847. The zero-order valence-electron chi connectivity index (χ0n) is 11.0. The molecule has 0 bridgehead atoms. The van der Waals surface area contributed by atoms with E-state index in [1.807, 2.05) is 6.92 Å². The van der Waals surface area contributed by atoms with Crippen molar-refractivity contribution in [2.75, 3.05) is 20.8 Å². The summed E-state index contributed by atoms with van der Waals surface area (Å²) in [6.07, 6.45) is 3.27. The van der Waals surface area contributed by atoms with Crippen molar-refractivity contribution in [2.24, 2.45) is 0 Å². The Bertz CT molecular complexity index is 520. The van der Waals surface area contributed by atoms with Crippen LogP contribution in [0, 0.1) is 0 Å². The topological polar surface area (TPSA) is 82.1 Å². The van der Waals surface area contributed by atoms with Crippen LogP contribution in [0.1, 0.15) is 24.4 Å². The standard InChI is InChI=1S/C11H15N5O2S/c1-4-12-9(7-5-14-19-16-7)10-11(18-3)15-8(17-2)6-13-10/h5-6,9,12H,4H2,1-3H3. The fourth-order valence-electron chi connectivity index (χ4n) is 1.66. The largest absolute Gasteiger partial charge is 0.480 e. The third-order valence-electron chi connectivity index (χ3n) is 2.50. The number of hydrogen-bond acceptors (Lipinski definition) is 8. The second-order valence-electron chi connectivity index (χ2n) is 3.63. The summed E-state index contributed by atoms with van der Waals surface area (Å²) in [5.74, 6) is 0.825. The van der Waals surface area contributed by atoms with Crippen LogP contribution >= 0.6 is 11.7 Å². The first-order valence-electron chi connectivity index (χ1n) is 5.75. The van der Waals surface area contributed by atoms with Crippen LogP contribution in [0.25, 0.3) is 0 Å². The molecule has 2 rings (SSSR count). The number of rotatable bonds is 6. The van der Waals surface area contributed by atoms with Crippen molar-refractivity contribution in [3.8, 4) is 11.8 Å². The average Bonchev–Trinajstić information content (AvgIpc) is 2.98. The second-order valence-corrected chi connectivity index (χ2v) is 4.19. The zero-order chi connectivity index (χ0) is 13.7. The molecule has 0 aromatic carbocycles. The second kappa shape index (κ2) is 6.39. The van der Waals surface area contributed by atoms with Crippen LogP contribution in [0.2, 0.25) is 0 Å². The molecule has 1 unspecified atom stereocenters. The molecular formula is C11H15N5O2S. The molecule has 2 heterocycles. The average molecular weight is 281 g/mol. The van der Waals surface area contributed by atoms with Gasteiger partial charge in [0.15, 0.2) is 0 Å². The summed E-state index contributed by atoms with van der Waals surface area (Å²) in [7, 11) is 3.09. The Balaban J connectivity index is 2.41. The molecule has 0 saturated carbocycles. The fraction of sp³-hybridized carbons (Fsp3) is 0.455. The summed E-state index contributed by atoms with van der Waals surface area (Å²) in [6, 6.07) is -0.197. The summed E-state index contributed by atoms with van der Waals surface area (Å²) in [6.45, 7) is 2.77. The lowest BCUT2D eigenvalue weighted by atomic mass is 10.1. The Labute approximate surface area is 115 Å². The van der Waals surface area contributed by atoms with E-state index in [0.717, 1.165) is 24.0 Å². The molecule has 0 spiro atoms. The zero-order valence-corrected chi connectivity index (χ0v) is 11.8. The van der Waals surface area contributed by atoms with E-state index in [-0.39, 0.29) is 6.04 Å². The Morgan fingerprint density at radius 3 is 2.74 bits per heavy atom. The SMILES string of the molecule is CCNC(c1cnsn1)c1ncc(OC)nc1OC. The van der Waals surface area contributed by atoms with Gasteiger partial charge in [-0.25, -0.2) is 4.98 Å². The number of nitrogens with zero attached hydrogens (tertiary/aromatic N) is 4. The van der Waals surface area contributed by atoms with Gasteiger partial charge in [-0.1, -0.05) is 6.92 Å². The molecule has 1 N–H and O–H groups in total. The molecule has 2 aromatic heterocycles. The molecule has 0 aliphatic rings. The molecule has 0 aliphatic heterocycles. The van der Waals surface area contributed by atoms with Crippen molar-refractivity contribution < 1.29 is 9.47 Å². The molecule has 19 heavy (non-hydrogen) atoms. The highest BCUT2D eigenvalue weighted by Crippen LogP contribution is 2.27. The molecule has 0 amide bonds. The van der Waals surface area contributed by atoms with Crippen LogP contribution in [0.5, 0.6) is 11.8 Å². The van der Waals surface area contributed by atoms with E-state index in [0.29, 0.717) is 17.5 Å². The molecule has 102 valence electrons. The third-order valence-corrected chi connectivity index (χ3v) is 3.00. The molecule has 2 aromatic rings. The normalized spacial score (nSPS) is 12.2. The lowest BCUT2D eigenvalue weighted by Gasteiger charge is -2.17. The van der Waals surface area contributed by atoms with Crippen molar-refractivity contribution in [1.82, 2.24) is 24.0 Å². The van der Waals surface area contributed by atoms with Gasteiger partial charge in [0, 0.05) is 0 Å². The van der Waals surface area contributed by atoms with Gasteiger partial charge in [0.05, 0.1) is 44.0 Å². The van der Waals surface area contributed by atoms with E-state index in [2.05, 4.69) is 24.0 Å². The van der Waals surface area contributed by atoms with Gasteiger partial charge in [-0.15, -0.1) is 0 Å². The van der Waals surface area contributed by atoms with Crippen molar-refractivity contribution >= 4 is 11.7 Å². The summed E-state index contributed by atoms with van der Waals surface area (Å²) in [5.41, 5.74) is 1.46. The van der Waals surface area contributed by atoms with E-state index in [4.69, 9.17) is 9.47 Å². The Morgan fingerprint density at radius 2 is 2.16 bits per heavy atom. The van der Waals surface area contributed by atoms with Crippen LogP contribution in [0.15, 0.2) is 12.4 Å². The molecule has 8 heteroatoms. The van der Waals surface area contributed by atoms with Crippen LogP contribution in [-0.4, -0.2) is 39.5 Å². The first-order chi connectivity index (χ1) is 9.30. The number of hydrogen-bond donors (Lipinski definition) is 1. The van der Waals surface area contributed by atoms with Crippen LogP contribution in [0.4, 0.5) is 0 Å². The highest BCUT2D eigenvalue weighted by Gasteiger charge is 2.23. The molecule has 0 saturated heterocycles. The van der Waals surface area contributed by atoms with Gasteiger partial charge in [-0.05, 0) is 6.54 Å². The molecule has 0 fully saturated rings. The fourth-order valence-corrected chi connectivity index (χ4v) is 2.11. The van der Waals surface area contributed by atoms with Crippen molar-refractivity contribution in [2.45, 2.75) is 13.0 Å². The van der Waals surface area contributed by atoms with Gasteiger partial charge in [0.2, 0.25) is 11.8 Å². The summed E-state index contributed by atoms with van der Waals surface area (Å²) in [4.78, 5) is 8.59. The van der Waals surface area contributed by atoms with Crippen LogP contribution in [0.3, 0.4) is 0 Å². The smallest absolute Gasteiger partial charge is 0.240 e. The molecule has 1 atom stereocenters. The number of aromatic nitrogens is 4. The molecule has 0 radical (unpaired) electrons. The van der Waals surface area contributed by atoms with Gasteiger partial charge in [0.1, 0.15) is 11.7 Å². The van der Waals surface area contributed by atoms with E-state index in [9.17, 15) is 0 Å². The number of methoxy groups -OCH3 is 2. The van der Waals surface area contributed by atoms with E-state index < -0.39 is 0 Å². The van der Waals surface area contributed by atoms with Crippen molar-refractivity contribution in [1.29, 1.82) is 0 Å². The van der Waals surface area contributed by atoms with E-state index in [1.165, 1.54) is 7.11 Å². The maximum absolute atomic E-state index is 5.27. The first-order valence-corrected chi connectivity index (χ1v) is 6.49. The van der Waals surface area contributed by atoms with Gasteiger partial charge >= 0.3 is 0 Å².